The number of nitrogens with one attached hydrogen (secondary N) is 2. The molecule has 0 aliphatic carbocycles. The molecule has 1 saturated heterocycles. The minimum absolute atomic E-state index is 0.578. The maximum absolute atomic E-state index is 5.97. The van der Waals surface area contributed by atoms with E-state index in [0.29, 0.717) is 6.04 Å². The smallest absolute Gasteiger partial charge is 0.124 e. The second kappa shape index (κ2) is 6.49. The van der Waals surface area contributed by atoms with Crippen LogP contribution in [-0.4, -0.2) is 25.7 Å². The fraction of sp³-hybridized carbons (Fsp3) is 0.647. The molecule has 1 aromatic carbocycles. The first-order valence-corrected chi connectivity index (χ1v) is 8.10. The first-order chi connectivity index (χ1) is 9.88. The van der Waals surface area contributed by atoms with E-state index in [9.17, 15) is 0 Å². The van der Waals surface area contributed by atoms with Gasteiger partial charge in [-0.3, -0.25) is 0 Å². The summed E-state index contributed by atoms with van der Waals surface area (Å²) in [5, 5.41) is 7.24. The zero-order chi connectivity index (χ0) is 13.8. The highest BCUT2D eigenvalue weighted by Crippen LogP contribution is 2.36. The van der Waals surface area contributed by atoms with Gasteiger partial charge < -0.3 is 15.4 Å². The largest absolute Gasteiger partial charge is 0.493 e. The molecule has 0 spiro atoms. The molecule has 3 rings (SSSR count). The van der Waals surface area contributed by atoms with Gasteiger partial charge in [0, 0.05) is 17.3 Å². The zero-order valence-electron chi connectivity index (χ0n) is 12.5. The summed E-state index contributed by atoms with van der Waals surface area (Å²) < 4.78 is 5.97. The second-order valence-corrected chi connectivity index (χ2v) is 6.05. The van der Waals surface area contributed by atoms with E-state index >= 15 is 0 Å². The lowest BCUT2D eigenvalue weighted by molar-refractivity contribution is 0.304. The molecule has 1 aromatic rings. The predicted octanol–water partition coefficient (Wildman–Crippen LogP) is 3.20. The molecular weight excluding hydrogens is 248 g/mol. The van der Waals surface area contributed by atoms with Crippen LogP contribution < -0.4 is 15.4 Å². The Balaban J connectivity index is 1.67. The summed E-state index contributed by atoms with van der Waals surface area (Å²) in [6, 6.07) is 7.00. The van der Waals surface area contributed by atoms with Gasteiger partial charge in [-0.15, -0.1) is 0 Å². The van der Waals surface area contributed by atoms with Crippen molar-refractivity contribution in [3.63, 3.8) is 0 Å². The van der Waals surface area contributed by atoms with Gasteiger partial charge >= 0.3 is 0 Å². The first-order valence-electron chi connectivity index (χ1n) is 8.10. The maximum Gasteiger partial charge on any atom is 0.124 e. The standard InChI is InChI=1S/C17H26N2O/c1-2-3-10-20-17-8-4-7-15-14(17)11-16(19-15)13-6-5-9-18-12-13/h4,7-8,13,16,18-19H,2-3,5-6,9-12H2,1H3. The SMILES string of the molecule is CCCCOc1cccc2c1CC(C1CCCNC1)N2. The number of hydrogen-bond acceptors (Lipinski definition) is 3. The molecule has 1 fully saturated rings. The van der Waals surface area contributed by atoms with Crippen LogP contribution >= 0.6 is 0 Å². The monoisotopic (exact) mass is 274 g/mol. The lowest BCUT2D eigenvalue weighted by Gasteiger charge is -2.28. The number of piperidine rings is 1. The van der Waals surface area contributed by atoms with Gasteiger partial charge in [0.2, 0.25) is 0 Å². The number of hydrogen-bond donors (Lipinski definition) is 2. The normalized spacial score (nSPS) is 25.1. The Morgan fingerprint density at radius 2 is 2.30 bits per heavy atom. The third-order valence-corrected chi connectivity index (χ3v) is 4.56. The van der Waals surface area contributed by atoms with E-state index < -0.39 is 0 Å². The number of ether oxygens (including phenoxy) is 1. The number of rotatable bonds is 5. The Bertz CT molecular complexity index is 441. The first kappa shape index (κ1) is 13.7. The molecule has 2 unspecified atom stereocenters. The van der Waals surface area contributed by atoms with E-state index in [4.69, 9.17) is 4.74 Å². The number of anilines is 1. The average molecular weight is 274 g/mol. The van der Waals surface area contributed by atoms with Crippen LogP contribution in [0.4, 0.5) is 5.69 Å². The molecule has 0 bridgehead atoms. The highest BCUT2D eigenvalue weighted by molar-refractivity contribution is 5.62. The topological polar surface area (TPSA) is 33.3 Å². The molecule has 3 heteroatoms. The van der Waals surface area contributed by atoms with Crippen molar-refractivity contribution in [1.29, 1.82) is 0 Å². The highest BCUT2D eigenvalue weighted by atomic mass is 16.5. The van der Waals surface area contributed by atoms with Crippen molar-refractivity contribution in [2.24, 2.45) is 5.92 Å². The highest BCUT2D eigenvalue weighted by Gasteiger charge is 2.30. The summed E-state index contributed by atoms with van der Waals surface area (Å²) >= 11 is 0. The lowest BCUT2D eigenvalue weighted by atomic mass is 9.90. The van der Waals surface area contributed by atoms with Crippen LogP contribution in [-0.2, 0) is 6.42 Å². The Labute approximate surface area is 122 Å². The van der Waals surface area contributed by atoms with Crippen molar-refractivity contribution < 1.29 is 4.74 Å². The van der Waals surface area contributed by atoms with Gasteiger partial charge in [-0.25, -0.2) is 0 Å². The molecule has 3 nitrogen and oxygen atoms in total. The van der Waals surface area contributed by atoms with E-state index in [0.717, 1.165) is 37.7 Å². The quantitative estimate of drug-likeness (QED) is 0.809. The minimum atomic E-state index is 0.578. The molecule has 2 heterocycles. The molecule has 2 aliphatic heterocycles. The number of fused-ring (bicyclic) bond motifs is 1. The van der Waals surface area contributed by atoms with Crippen molar-refractivity contribution in [1.82, 2.24) is 5.32 Å². The summed E-state index contributed by atoms with van der Waals surface area (Å²) in [6.45, 7) is 5.37. The molecule has 0 amide bonds. The van der Waals surface area contributed by atoms with Crippen molar-refractivity contribution in [3.8, 4) is 5.75 Å². The van der Waals surface area contributed by atoms with Gasteiger partial charge in [0.15, 0.2) is 0 Å². The van der Waals surface area contributed by atoms with Crippen LogP contribution in [0.3, 0.4) is 0 Å². The fourth-order valence-corrected chi connectivity index (χ4v) is 3.35. The molecular formula is C17H26N2O. The third-order valence-electron chi connectivity index (χ3n) is 4.56. The van der Waals surface area contributed by atoms with E-state index in [1.165, 1.54) is 37.1 Å². The number of benzene rings is 1. The molecule has 20 heavy (non-hydrogen) atoms. The van der Waals surface area contributed by atoms with Crippen LogP contribution in [0.25, 0.3) is 0 Å². The van der Waals surface area contributed by atoms with Crippen LogP contribution in [0.15, 0.2) is 18.2 Å². The Morgan fingerprint density at radius 1 is 1.35 bits per heavy atom. The summed E-state index contributed by atoms with van der Waals surface area (Å²) in [6.07, 6.45) is 6.07. The van der Waals surface area contributed by atoms with Gasteiger partial charge in [0.1, 0.15) is 5.75 Å². The van der Waals surface area contributed by atoms with Crippen molar-refractivity contribution in [3.05, 3.63) is 23.8 Å². The Hall–Kier alpha value is -1.22. The van der Waals surface area contributed by atoms with Gasteiger partial charge in [-0.05, 0) is 56.8 Å². The van der Waals surface area contributed by atoms with E-state index in [1.807, 2.05) is 0 Å². The number of unbranched alkanes of at least 4 members (excludes halogenated alkanes) is 1. The third kappa shape index (κ3) is 2.93. The van der Waals surface area contributed by atoms with E-state index in [2.05, 4.69) is 35.8 Å². The van der Waals surface area contributed by atoms with Gasteiger partial charge in [0.05, 0.1) is 6.61 Å². The van der Waals surface area contributed by atoms with Crippen molar-refractivity contribution >= 4 is 5.69 Å². The van der Waals surface area contributed by atoms with Crippen LogP contribution in [0.1, 0.15) is 38.2 Å². The van der Waals surface area contributed by atoms with Crippen LogP contribution in [0, 0.1) is 5.92 Å². The van der Waals surface area contributed by atoms with E-state index in [1.54, 1.807) is 0 Å². The molecule has 2 atom stereocenters. The van der Waals surface area contributed by atoms with E-state index in [-0.39, 0.29) is 0 Å². The molecule has 2 aliphatic rings. The molecule has 0 aromatic heterocycles. The second-order valence-electron chi connectivity index (χ2n) is 6.05. The Kier molecular flexibility index (Phi) is 4.46. The molecule has 2 N–H and O–H groups in total. The Morgan fingerprint density at radius 3 is 3.10 bits per heavy atom. The van der Waals surface area contributed by atoms with Crippen molar-refractivity contribution in [2.75, 3.05) is 25.0 Å². The minimum Gasteiger partial charge on any atom is -0.493 e. The summed E-state index contributed by atoms with van der Waals surface area (Å²) in [5.74, 6) is 1.84. The maximum atomic E-state index is 5.97. The van der Waals surface area contributed by atoms with Crippen LogP contribution in [0.2, 0.25) is 0 Å². The molecule has 110 valence electrons. The molecule has 0 saturated carbocycles. The summed E-state index contributed by atoms with van der Waals surface area (Å²) in [7, 11) is 0. The fourth-order valence-electron chi connectivity index (χ4n) is 3.35. The average Bonchev–Trinajstić information content (AvgIpc) is 2.93. The van der Waals surface area contributed by atoms with Gasteiger partial charge in [-0.1, -0.05) is 19.4 Å². The van der Waals surface area contributed by atoms with Crippen molar-refractivity contribution in [2.45, 2.75) is 45.1 Å². The van der Waals surface area contributed by atoms with Crippen LogP contribution in [0.5, 0.6) is 5.75 Å². The molecule has 0 radical (unpaired) electrons. The predicted molar refractivity (Wildman–Crippen MR) is 83.6 cm³/mol. The zero-order valence-corrected chi connectivity index (χ0v) is 12.5. The summed E-state index contributed by atoms with van der Waals surface area (Å²) in [5.41, 5.74) is 2.67. The van der Waals surface area contributed by atoms with Gasteiger partial charge in [0.25, 0.3) is 0 Å². The lowest BCUT2D eigenvalue weighted by Crippen LogP contribution is -2.39. The summed E-state index contributed by atoms with van der Waals surface area (Å²) in [4.78, 5) is 0. The van der Waals surface area contributed by atoms with Gasteiger partial charge in [-0.2, -0.15) is 0 Å².